The van der Waals surface area contributed by atoms with Crippen LogP contribution in [0.1, 0.15) is 4.88 Å². The number of hydrogen-bond donors (Lipinski definition) is 1. The van der Waals surface area contributed by atoms with Crippen LogP contribution in [0.15, 0.2) is 28.7 Å². The summed E-state index contributed by atoms with van der Waals surface area (Å²) in [6, 6.07) is 3.61. The highest BCUT2D eigenvalue weighted by Gasteiger charge is 2.18. The molecule has 1 aromatic carbocycles. The standard InChI is InChI=1S/C11H6F4N2S/c12-7-4-8(13)10(15)11(9(7)14)17-16-5-6-2-1-3-18-6/h1-5,17H. The van der Waals surface area contributed by atoms with E-state index in [0.29, 0.717) is 0 Å². The van der Waals surface area contributed by atoms with Crippen molar-refractivity contribution in [3.05, 3.63) is 51.7 Å². The van der Waals surface area contributed by atoms with E-state index >= 15 is 0 Å². The molecule has 0 saturated heterocycles. The molecule has 0 aliphatic rings. The molecule has 1 N–H and O–H groups in total. The Bertz CT molecular complexity index is 555. The third kappa shape index (κ3) is 2.51. The normalized spacial score (nSPS) is 11.1. The molecule has 94 valence electrons. The Hall–Kier alpha value is -1.89. The molecule has 0 unspecified atom stereocenters. The minimum atomic E-state index is -1.52. The summed E-state index contributed by atoms with van der Waals surface area (Å²) in [4.78, 5) is 0.722. The number of anilines is 1. The van der Waals surface area contributed by atoms with Gasteiger partial charge >= 0.3 is 0 Å². The third-order valence-corrected chi connectivity index (χ3v) is 2.83. The van der Waals surface area contributed by atoms with E-state index in [-0.39, 0.29) is 6.07 Å². The van der Waals surface area contributed by atoms with Gasteiger partial charge in [0.15, 0.2) is 23.3 Å². The van der Waals surface area contributed by atoms with Crippen molar-refractivity contribution in [2.45, 2.75) is 0 Å². The van der Waals surface area contributed by atoms with Crippen LogP contribution in [0.25, 0.3) is 0 Å². The molecule has 0 aliphatic carbocycles. The SMILES string of the molecule is Fc1cc(F)c(F)c(NN=Cc2cccs2)c1F. The minimum absolute atomic E-state index is 0.138. The maximum absolute atomic E-state index is 13.2. The Morgan fingerprint density at radius 3 is 2.33 bits per heavy atom. The van der Waals surface area contributed by atoms with E-state index in [2.05, 4.69) is 5.10 Å². The van der Waals surface area contributed by atoms with Gasteiger partial charge in [0.2, 0.25) is 0 Å². The summed E-state index contributed by atoms with van der Waals surface area (Å²) in [7, 11) is 0. The van der Waals surface area contributed by atoms with Crippen LogP contribution >= 0.6 is 11.3 Å². The topological polar surface area (TPSA) is 24.4 Å². The number of nitrogens with one attached hydrogen (secondary N) is 1. The summed E-state index contributed by atoms with van der Waals surface area (Å²) >= 11 is 1.35. The Morgan fingerprint density at radius 1 is 1.11 bits per heavy atom. The first-order valence-electron chi connectivity index (χ1n) is 4.75. The van der Waals surface area contributed by atoms with Crippen molar-refractivity contribution in [3.63, 3.8) is 0 Å². The van der Waals surface area contributed by atoms with Crippen LogP contribution in [-0.4, -0.2) is 6.21 Å². The monoisotopic (exact) mass is 274 g/mol. The molecule has 0 atom stereocenters. The van der Waals surface area contributed by atoms with Crippen molar-refractivity contribution in [2.75, 3.05) is 5.43 Å². The lowest BCUT2D eigenvalue weighted by molar-refractivity contribution is 0.458. The summed E-state index contributed by atoms with van der Waals surface area (Å²) in [5.41, 5.74) is 0.989. The number of thiophene rings is 1. The molecule has 2 aromatic rings. The predicted molar refractivity (Wildman–Crippen MR) is 61.8 cm³/mol. The summed E-state index contributed by atoms with van der Waals surface area (Å²) in [5.74, 6) is -6.00. The van der Waals surface area contributed by atoms with Gasteiger partial charge in [0.1, 0.15) is 5.69 Å². The van der Waals surface area contributed by atoms with E-state index in [1.807, 2.05) is 5.43 Å². The highest BCUT2D eigenvalue weighted by Crippen LogP contribution is 2.24. The van der Waals surface area contributed by atoms with Gasteiger partial charge in [-0.25, -0.2) is 17.6 Å². The lowest BCUT2D eigenvalue weighted by atomic mass is 10.2. The molecule has 0 spiro atoms. The minimum Gasteiger partial charge on any atom is -0.272 e. The van der Waals surface area contributed by atoms with Crippen LogP contribution in [-0.2, 0) is 0 Å². The fraction of sp³-hybridized carbons (Fsp3) is 0. The molecule has 1 heterocycles. The van der Waals surface area contributed by atoms with Gasteiger partial charge < -0.3 is 0 Å². The smallest absolute Gasteiger partial charge is 0.186 e. The van der Waals surface area contributed by atoms with E-state index in [1.54, 1.807) is 17.5 Å². The maximum Gasteiger partial charge on any atom is 0.186 e. The van der Waals surface area contributed by atoms with E-state index in [1.165, 1.54) is 17.6 Å². The van der Waals surface area contributed by atoms with E-state index < -0.39 is 29.0 Å². The van der Waals surface area contributed by atoms with Crippen LogP contribution in [0, 0.1) is 23.3 Å². The molecule has 7 heteroatoms. The molecule has 0 aliphatic heterocycles. The first-order chi connectivity index (χ1) is 8.59. The Kier molecular flexibility index (Phi) is 3.61. The largest absolute Gasteiger partial charge is 0.272 e. The van der Waals surface area contributed by atoms with Crippen LogP contribution in [0.3, 0.4) is 0 Å². The fourth-order valence-corrected chi connectivity index (χ4v) is 1.78. The molecule has 1 aromatic heterocycles. The zero-order chi connectivity index (χ0) is 13.1. The van der Waals surface area contributed by atoms with Gasteiger partial charge in [-0.05, 0) is 11.4 Å². The van der Waals surface area contributed by atoms with Gasteiger partial charge in [0.25, 0.3) is 0 Å². The Labute approximate surface area is 104 Å². The molecular formula is C11H6F4N2S. The van der Waals surface area contributed by atoms with Gasteiger partial charge in [0.05, 0.1) is 6.21 Å². The fourth-order valence-electron chi connectivity index (χ4n) is 1.20. The third-order valence-electron chi connectivity index (χ3n) is 2.02. The summed E-state index contributed by atoms with van der Waals surface area (Å²) in [6.07, 6.45) is 1.28. The number of rotatable bonds is 3. The number of hydrogen-bond acceptors (Lipinski definition) is 3. The highest BCUT2D eigenvalue weighted by atomic mass is 32.1. The molecule has 2 rings (SSSR count). The van der Waals surface area contributed by atoms with E-state index in [4.69, 9.17) is 0 Å². The van der Waals surface area contributed by atoms with Crippen molar-refractivity contribution < 1.29 is 17.6 Å². The Balaban J connectivity index is 2.24. The van der Waals surface area contributed by atoms with Crippen LogP contribution in [0.4, 0.5) is 23.2 Å². The number of nitrogens with zero attached hydrogens (tertiary/aromatic N) is 1. The zero-order valence-electron chi connectivity index (χ0n) is 8.75. The van der Waals surface area contributed by atoms with Crippen molar-refractivity contribution in [2.24, 2.45) is 5.10 Å². The quantitative estimate of drug-likeness (QED) is 0.392. The van der Waals surface area contributed by atoms with Gasteiger partial charge in [0, 0.05) is 10.9 Å². The van der Waals surface area contributed by atoms with Crippen molar-refractivity contribution >= 4 is 23.2 Å². The molecule has 0 bridgehead atoms. The number of hydrazone groups is 1. The first-order valence-corrected chi connectivity index (χ1v) is 5.63. The molecule has 0 fully saturated rings. The lowest BCUT2D eigenvalue weighted by Crippen LogP contribution is -2.02. The van der Waals surface area contributed by atoms with Crippen molar-refractivity contribution in [1.82, 2.24) is 0 Å². The second-order valence-corrected chi connectivity index (χ2v) is 4.21. The molecule has 0 saturated carbocycles. The van der Waals surface area contributed by atoms with Gasteiger partial charge in [-0.1, -0.05) is 6.07 Å². The molecular weight excluding hydrogens is 268 g/mol. The van der Waals surface area contributed by atoms with Crippen molar-refractivity contribution in [1.29, 1.82) is 0 Å². The van der Waals surface area contributed by atoms with Gasteiger partial charge in [-0.3, -0.25) is 5.43 Å². The van der Waals surface area contributed by atoms with Crippen LogP contribution in [0.5, 0.6) is 0 Å². The average Bonchev–Trinajstić information content (AvgIpc) is 2.84. The average molecular weight is 274 g/mol. The van der Waals surface area contributed by atoms with Crippen LogP contribution in [0.2, 0.25) is 0 Å². The summed E-state index contributed by atoms with van der Waals surface area (Å²) in [5, 5.41) is 5.29. The van der Waals surface area contributed by atoms with E-state index in [9.17, 15) is 17.6 Å². The lowest BCUT2D eigenvalue weighted by Gasteiger charge is -2.05. The second-order valence-electron chi connectivity index (χ2n) is 3.23. The highest BCUT2D eigenvalue weighted by molar-refractivity contribution is 7.11. The van der Waals surface area contributed by atoms with E-state index in [0.717, 1.165) is 4.88 Å². The van der Waals surface area contributed by atoms with Gasteiger partial charge in [-0.2, -0.15) is 5.10 Å². The number of halogens is 4. The number of benzene rings is 1. The second kappa shape index (κ2) is 5.18. The molecule has 18 heavy (non-hydrogen) atoms. The molecule has 2 nitrogen and oxygen atoms in total. The predicted octanol–water partition coefficient (Wildman–Crippen LogP) is 3.75. The Morgan fingerprint density at radius 2 is 1.78 bits per heavy atom. The molecule has 0 amide bonds. The molecule has 0 radical (unpaired) electrons. The summed E-state index contributed by atoms with van der Waals surface area (Å²) < 4.78 is 52.1. The summed E-state index contributed by atoms with van der Waals surface area (Å²) in [6.45, 7) is 0. The maximum atomic E-state index is 13.2. The van der Waals surface area contributed by atoms with Crippen molar-refractivity contribution in [3.8, 4) is 0 Å². The first kappa shape index (κ1) is 12.6. The zero-order valence-corrected chi connectivity index (χ0v) is 9.57. The van der Waals surface area contributed by atoms with Gasteiger partial charge in [-0.15, -0.1) is 11.3 Å². The van der Waals surface area contributed by atoms with Crippen LogP contribution < -0.4 is 5.43 Å².